The van der Waals surface area contributed by atoms with Crippen LogP contribution >= 0.6 is 11.6 Å². The van der Waals surface area contributed by atoms with Crippen LogP contribution < -0.4 is 5.32 Å². The first kappa shape index (κ1) is 12.6. The standard InChI is InChI=1S/C11H18ClN3O2/c12-5-4-10-14-15-11(17-10)13-6-1-7-16-8-9-2-3-9/h9H,1-8H2,(H,13,15). The van der Waals surface area contributed by atoms with Crippen molar-refractivity contribution in [3.8, 4) is 0 Å². The average molecular weight is 260 g/mol. The molecule has 0 amide bonds. The van der Waals surface area contributed by atoms with Crippen LogP contribution in [-0.2, 0) is 11.2 Å². The van der Waals surface area contributed by atoms with Gasteiger partial charge in [-0.05, 0) is 25.2 Å². The van der Waals surface area contributed by atoms with Crippen molar-refractivity contribution in [2.45, 2.75) is 25.7 Å². The molecule has 0 spiro atoms. The van der Waals surface area contributed by atoms with Crippen LogP contribution in [0.25, 0.3) is 0 Å². The monoisotopic (exact) mass is 259 g/mol. The predicted molar refractivity (Wildman–Crippen MR) is 65.4 cm³/mol. The minimum Gasteiger partial charge on any atom is -0.408 e. The Morgan fingerprint density at radius 1 is 1.41 bits per heavy atom. The van der Waals surface area contributed by atoms with Crippen LogP contribution in [0, 0.1) is 5.92 Å². The number of nitrogens with one attached hydrogen (secondary N) is 1. The summed E-state index contributed by atoms with van der Waals surface area (Å²) < 4.78 is 10.8. The first-order chi connectivity index (χ1) is 8.38. The van der Waals surface area contributed by atoms with E-state index in [-0.39, 0.29) is 0 Å². The maximum absolute atomic E-state index is 5.57. The highest BCUT2D eigenvalue weighted by Crippen LogP contribution is 2.28. The van der Waals surface area contributed by atoms with Crippen LogP contribution in [-0.4, -0.2) is 35.8 Å². The SMILES string of the molecule is ClCCc1nnc(NCCCOCC2CC2)o1. The number of halogens is 1. The first-order valence-electron chi connectivity index (χ1n) is 6.08. The Hall–Kier alpha value is -0.810. The summed E-state index contributed by atoms with van der Waals surface area (Å²) in [6.45, 7) is 2.49. The average Bonchev–Trinajstić information content (AvgIpc) is 3.05. The maximum atomic E-state index is 5.57. The molecule has 0 atom stereocenters. The van der Waals surface area contributed by atoms with Crippen molar-refractivity contribution in [1.29, 1.82) is 0 Å². The second-order valence-electron chi connectivity index (χ2n) is 4.24. The van der Waals surface area contributed by atoms with Crippen molar-refractivity contribution in [2.24, 2.45) is 5.92 Å². The fourth-order valence-electron chi connectivity index (χ4n) is 1.41. The second kappa shape index (κ2) is 6.81. The Balaban J connectivity index is 1.50. The zero-order chi connectivity index (χ0) is 11.9. The summed E-state index contributed by atoms with van der Waals surface area (Å²) in [5, 5.41) is 10.8. The summed E-state index contributed by atoms with van der Waals surface area (Å²) in [4.78, 5) is 0. The number of nitrogens with zero attached hydrogens (tertiary/aromatic N) is 2. The minimum atomic E-state index is 0.465. The summed E-state index contributed by atoms with van der Waals surface area (Å²) in [6, 6.07) is 0.465. The van der Waals surface area contributed by atoms with Gasteiger partial charge in [-0.25, -0.2) is 0 Å². The van der Waals surface area contributed by atoms with Gasteiger partial charge in [-0.1, -0.05) is 5.10 Å². The van der Waals surface area contributed by atoms with E-state index in [9.17, 15) is 0 Å². The van der Waals surface area contributed by atoms with Crippen LogP contribution in [0.5, 0.6) is 0 Å². The van der Waals surface area contributed by atoms with Crippen molar-refractivity contribution >= 4 is 17.6 Å². The quantitative estimate of drug-likeness (QED) is 0.543. The van der Waals surface area contributed by atoms with Gasteiger partial charge in [-0.3, -0.25) is 0 Å². The van der Waals surface area contributed by atoms with Crippen LogP contribution in [0.3, 0.4) is 0 Å². The van der Waals surface area contributed by atoms with Crippen molar-refractivity contribution in [2.75, 3.05) is 31.0 Å². The molecule has 96 valence electrons. The van der Waals surface area contributed by atoms with Gasteiger partial charge in [0.1, 0.15) is 0 Å². The molecule has 1 fully saturated rings. The summed E-state index contributed by atoms with van der Waals surface area (Å²) in [6.07, 6.45) is 4.23. The number of rotatable bonds is 9. The fourth-order valence-corrected chi connectivity index (χ4v) is 1.57. The molecule has 0 unspecified atom stereocenters. The molecule has 2 rings (SSSR count). The second-order valence-corrected chi connectivity index (χ2v) is 4.62. The largest absolute Gasteiger partial charge is 0.408 e. The third-order valence-corrected chi connectivity index (χ3v) is 2.76. The van der Waals surface area contributed by atoms with Gasteiger partial charge in [0, 0.05) is 32.1 Å². The highest BCUT2D eigenvalue weighted by Gasteiger charge is 2.20. The Bertz CT molecular complexity index is 328. The number of hydrogen-bond acceptors (Lipinski definition) is 5. The van der Waals surface area contributed by atoms with Crippen LogP contribution in [0.1, 0.15) is 25.2 Å². The van der Waals surface area contributed by atoms with E-state index in [4.69, 9.17) is 20.8 Å². The Kier molecular flexibility index (Phi) is 5.07. The van der Waals surface area contributed by atoms with Crippen LogP contribution in [0.4, 0.5) is 6.01 Å². The summed E-state index contributed by atoms with van der Waals surface area (Å²) in [7, 11) is 0. The zero-order valence-corrected chi connectivity index (χ0v) is 10.6. The van der Waals surface area contributed by atoms with Gasteiger partial charge >= 0.3 is 6.01 Å². The number of ether oxygens (including phenoxy) is 1. The molecule has 1 heterocycles. The first-order valence-corrected chi connectivity index (χ1v) is 6.62. The number of anilines is 1. The smallest absolute Gasteiger partial charge is 0.315 e. The molecule has 0 radical (unpaired) electrons. The van der Waals surface area contributed by atoms with Gasteiger partial charge in [0.05, 0.1) is 0 Å². The number of aryl methyl sites for hydroxylation is 1. The third kappa shape index (κ3) is 4.91. The molecule has 6 heteroatoms. The zero-order valence-electron chi connectivity index (χ0n) is 9.82. The highest BCUT2D eigenvalue weighted by molar-refractivity contribution is 6.17. The lowest BCUT2D eigenvalue weighted by Gasteiger charge is -2.03. The van der Waals surface area contributed by atoms with Gasteiger partial charge in [-0.15, -0.1) is 16.7 Å². The van der Waals surface area contributed by atoms with E-state index in [0.29, 0.717) is 24.2 Å². The molecular weight excluding hydrogens is 242 g/mol. The van der Waals surface area contributed by atoms with E-state index in [0.717, 1.165) is 32.1 Å². The molecule has 1 aromatic heterocycles. The van der Waals surface area contributed by atoms with Gasteiger partial charge in [0.25, 0.3) is 0 Å². The molecule has 0 saturated heterocycles. The Morgan fingerprint density at radius 3 is 3.06 bits per heavy atom. The molecule has 0 aliphatic heterocycles. The molecule has 17 heavy (non-hydrogen) atoms. The van der Waals surface area contributed by atoms with Crippen molar-refractivity contribution in [3.63, 3.8) is 0 Å². The van der Waals surface area contributed by atoms with Gasteiger partial charge in [0.2, 0.25) is 5.89 Å². The van der Waals surface area contributed by atoms with Gasteiger partial charge in [0.15, 0.2) is 0 Å². The normalized spacial score (nSPS) is 15.1. The third-order valence-electron chi connectivity index (χ3n) is 2.57. The highest BCUT2D eigenvalue weighted by atomic mass is 35.5. The van der Waals surface area contributed by atoms with Crippen LogP contribution in [0.2, 0.25) is 0 Å². The summed E-state index contributed by atoms with van der Waals surface area (Å²) >= 11 is 5.57. The predicted octanol–water partition coefficient (Wildman–Crippen LogP) is 2.08. The molecule has 0 aromatic carbocycles. The Morgan fingerprint density at radius 2 is 2.29 bits per heavy atom. The van der Waals surface area contributed by atoms with E-state index < -0.39 is 0 Å². The van der Waals surface area contributed by atoms with E-state index in [1.54, 1.807) is 0 Å². The number of alkyl halides is 1. The molecule has 1 N–H and O–H groups in total. The van der Waals surface area contributed by atoms with E-state index >= 15 is 0 Å². The molecule has 1 aromatic rings. The number of hydrogen-bond donors (Lipinski definition) is 1. The number of aromatic nitrogens is 2. The fraction of sp³-hybridized carbons (Fsp3) is 0.818. The minimum absolute atomic E-state index is 0.465. The van der Waals surface area contributed by atoms with Crippen molar-refractivity contribution < 1.29 is 9.15 Å². The molecule has 5 nitrogen and oxygen atoms in total. The van der Waals surface area contributed by atoms with E-state index in [2.05, 4.69) is 15.5 Å². The van der Waals surface area contributed by atoms with Crippen LogP contribution in [0.15, 0.2) is 4.42 Å². The summed E-state index contributed by atoms with van der Waals surface area (Å²) in [5.74, 6) is 1.90. The van der Waals surface area contributed by atoms with Crippen molar-refractivity contribution in [1.82, 2.24) is 10.2 Å². The lowest BCUT2D eigenvalue weighted by molar-refractivity contribution is 0.124. The lowest BCUT2D eigenvalue weighted by Crippen LogP contribution is -2.07. The van der Waals surface area contributed by atoms with Gasteiger partial charge < -0.3 is 14.5 Å². The van der Waals surface area contributed by atoms with E-state index in [1.165, 1.54) is 12.8 Å². The molecule has 1 aliphatic carbocycles. The topological polar surface area (TPSA) is 60.2 Å². The molecular formula is C11H18ClN3O2. The molecule has 0 bridgehead atoms. The van der Waals surface area contributed by atoms with Gasteiger partial charge in [-0.2, -0.15) is 0 Å². The Labute approximate surface area is 106 Å². The maximum Gasteiger partial charge on any atom is 0.315 e. The molecule has 1 aliphatic rings. The van der Waals surface area contributed by atoms with E-state index in [1.807, 2.05) is 0 Å². The summed E-state index contributed by atoms with van der Waals surface area (Å²) in [5.41, 5.74) is 0. The van der Waals surface area contributed by atoms with Crippen molar-refractivity contribution in [3.05, 3.63) is 5.89 Å². The molecule has 1 saturated carbocycles. The lowest BCUT2D eigenvalue weighted by atomic mass is 10.4.